The summed E-state index contributed by atoms with van der Waals surface area (Å²) in [7, 11) is 0. The van der Waals surface area contributed by atoms with Crippen LogP contribution in [0, 0.1) is 6.92 Å². The van der Waals surface area contributed by atoms with E-state index in [1.54, 1.807) is 0 Å². The number of rotatable bonds is 6. The van der Waals surface area contributed by atoms with Gasteiger partial charge in [-0.05, 0) is 19.1 Å². The van der Waals surface area contributed by atoms with Gasteiger partial charge in [-0.1, -0.05) is 67.8 Å². The molecule has 0 unspecified atom stereocenters. The Balaban J connectivity index is 0.00000256. The van der Waals surface area contributed by atoms with Gasteiger partial charge in [-0.25, -0.2) is 19.9 Å². The Hall–Kier alpha value is -2.12. The maximum Gasteiger partial charge on any atom is 1.00 e. The third-order valence-electron chi connectivity index (χ3n) is 4.90. The number of nitrogens with zero attached hydrogens (tertiary/aromatic N) is 3. The molecule has 0 spiro atoms. The number of unbranched alkanes of at least 4 members (excludes halogenated alkanes) is 1. The van der Waals surface area contributed by atoms with Gasteiger partial charge in [-0.3, -0.25) is 0 Å². The Bertz CT molecular complexity index is 1230. The van der Waals surface area contributed by atoms with Crippen molar-refractivity contribution < 1.29 is 29.6 Å². The van der Waals surface area contributed by atoms with E-state index in [1.807, 2.05) is 73.8 Å². The molecule has 0 saturated carbocycles. The SMILES string of the molecule is CCCC[c-]1c(=O)n(-c2ccccc2)n(-c2nc(-c3ccc(C)cc3)cs2)c1=O.[Na+]. The van der Waals surface area contributed by atoms with E-state index in [-0.39, 0.29) is 40.7 Å². The molecule has 0 radical (unpaired) electrons. The van der Waals surface area contributed by atoms with E-state index >= 15 is 0 Å². The van der Waals surface area contributed by atoms with Crippen molar-refractivity contribution in [2.24, 2.45) is 0 Å². The van der Waals surface area contributed by atoms with Gasteiger partial charge >= 0.3 is 29.6 Å². The summed E-state index contributed by atoms with van der Waals surface area (Å²) in [6, 6.07) is 17.3. The summed E-state index contributed by atoms with van der Waals surface area (Å²) < 4.78 is 2.87. The van der Waals surface area contributed by atoms with Crippen LogP contribution >= 0.6 is 11.3 Å². The predicted molar refractivity (Wildman–Crippen MR) is 118 cm³/mol. The monoisotopic (exact) mass is 427 g/mol. The molecule has 0 aliphatic carbocycles. The van der Waals surface area contributed by atoms with Crippen molar-refractivity contribution in [3.05, 3.63) is 91.8 Å². The third-order valence-corrected chi connectivity index (χ3v) is 5.72. The van der Waals surface area contributed by atoms with Crippen LogP contribution in [0.3, 0.4) is 0 Å². The molecule has 0 N–H and O–H groups in total. The summed E-state index contributed by atoms with van der Waals surface area (Å²) in [4.78, 5) is 31.0. The molecule has 2 heterocycles. The molecule has 0 atom stereocenters. The van der Waals surface area contributed by atoms with Crippen molar-refractivity contribution in [3.8, 4) is 22.1 Å². The van der Waals surface area contributed by atoms with Crippen molar-refractivity contribution in [2.75, 3.05) is 0 Å². The molecule has 0 aliphatic heterocycles. The van der Waals surface area contributed by atoms with Crippen LogP contribution in [0.5, 0.6) is 0 Å². The van der Waals surface area contributed by atoms with E-state index in [0.29, 0.717) is 22.8 Å². The number of para-hydroxylation sites is 1. The average Bonchev–Trinajstić information content (AvgIpc) is 3.31. The molecule has 0 amide bonds. The summed E-state index contributed by atoms with van der Waals surface area (Å²) in [5.41, 5.74) is 3.39. The zero-order valence-electron chi connectivity index (χ0n) is 17.5. The number of aryl methyl sites for hydroxylation is 1. The van der Waals surface area contributed by atoms with Gasteiger partial charge in [0.25, 0.3) is 0 Å². The molecule has 30 heavy (non-hydrogen) atoms. The fourth-order valence-electron chi connectivity index (χ4n) is 3.29. The Morgan fingerprint density at radius 3 is 2.30 bits per heavy atom. The van der Waals surface area contributed by atoms with Gasteiger partial charge in [0, 0.05) is 10.9 Å². The van der Waals surface area contributed by atoms with Gasteiger partial charge in [0.15, 0.2) is 0 Å². The Labute approximate surface area is 201 Å². The zero-order valence-corrected chi connectivity index (χ0v) is 20.3. The first-order chi connectivity index (χ1) is 14.1. The number of hydrogen-bond donors (Lipinski definition) is 0. The maximum atomic E-state index is 13.2. The first kappa shape index (κ1) is 22.6. The molecular formula is C23H22N3NaO2S. The molecule has 148 valence electrons. The molecule has 2 aromatic heterocycles. The Morgan fingerprint density at radius 2 is 1.63 bits per heavy atom. The summed E-state index contributed by atoms with van der Waals surface area (Å²) in [6.45, 7) is 4.09. The molecule has 7 heteroatoms. The molecule has 0 fully saturated rings. The predicted octanol–water partition coefficient (Wildman–Crippen LogP) is 1.49. The fraction of sp³-hybridized carbons (Fsp3) is 0.217. The standard InChI is InChI=1S/C23H22N3O2S.Na/c1-3-4-10-19-21(27)25(18-8-6-5-7-9-18)26(22(19)28)23-24-20(15-29-23)17-13-11-16(2)12-14-17;/h5-9,11-15H,3-4,10H2,1-2H3;/q-1;+1. The van der Waals surface area contributed by atoms with Gasteiger partial charge in [-0.2, -0.15) is 0 Å². The Kier molecular flexibility index (Phi) is 7.36. The van der Waals surface area contributed by atoms with Crippen LogP contribution in [-0.4, -0.2) is 14.3 Å². The third kappa shape index (κ3) is 4.32. The molecule has 5 nitrogen and oxygen atoms in total. The van der Waals surface area contributed by atoms with Crippen molar-refractivity contribution in [1.29, 1.82) is 0 Å². The van der Waals surface area contributed by atoms with E-state index in [2.05, 4.69) is 4.98 Å². The van der Waals surface area contributed by atoms with E-state index in [4.69, 9.17) is 0 Å². The van der Waals surface area contributed by atoms with Crippen LogP contribution in [0.4, 0.5) is 0 Å². The molecule has 0 bridgehead atoms. The summed E-state index contributed by atoms with van der Waals surface area (Å²) >= 11 is 1.36. The number of benzene rings is 2. The fourth-order valence-corrected chi connectivity index (χ4v) is 4.11. The van der Waals surface area contributed by atoms with Crippen LogP contribution in [0.2, 0.25) is 0 Å². The van der Waals surface area contributed by atoms with Crippen LogP contribution in [0.25, 0.3) is 22.1 Å². The van der Waals surface area contributed by atoms with E-state index < -0.39 is 0 Å². The van der Waals surface area contributed by atoms with Crippen LogP contribution < -0.4 is 40.7 Å². The molecule has 0 aliphatic rings. The van der Waals surface area contributed by atoms with Crippen LogP contribution in [0.1, 0.15) is 30.9 Å². The zero-order chi connectivity index (χ0) is 20.4. The number of hydrogen-bond acceptors (Lipinski definition) is 4. The molecule has 4 rings (SSSR count). The largest absolute Gasteiger partial charge is 1.00 e. The Morgan fingerprint density at radius 1 is 0.967 bits per heavy atom. The first-order valence-corrected chi connectivity index (χ1v) is 10.6. The average molecular weight is 428 g/mol. The van der Waals surface area contributed by atoms with Gasteiger partial charge in [0.1, 0.15) is 11.1 Å². The van der Waals surface area contributed by atoms with Crippen molar-refractivity contribution in [1.82, 2.24) is 14.3 Å². The van der Waals surface area contributed by atoms with E-state index in [9.17, 15) is 9.59 Å². The van der Waals surface area contributed by atoms with Crippen molar-refractivity contribution in [3.63, 3.8) is 0 Å². The normalized spacial score (nSPS) is 10.7. The molecular weight excluding hydrogens is 405 g/mol. The van der Waals surface area contributed by atoms with Crippen molar-refractivity contribution in [2.45, 2.75) is 33.1 Å². The van der Waals surface area contributed by atoms with Gasteiger partial charge < -0.3 is 9.59 Å². The second-order valence-corrected chi connectivity index (χ2v) is 7.87. The molecule has 0 saturated heterocycles. The number of thiazole rings is 1. The quantitative estimate of drug-likeness (QED) is 0.346. The second kappa shape index (κ2) is 9.79. The second-order valence-electron chi connectivity index (χ2n) is 7.03. The molecule has 2 aromatic carbocycles. The molecule has 4 aromatic rings. The summed E-state index contributed by atoms with van der Waals surface area (Å²) in [6.07, 6.45) is 2.20. The number of aromatic nitrogens is 3. The van der Waals surface area contributed by atoms with Crippen LogP contribution in [0.15, 0.2) is 69.6 Å². The van der Waals surface area contributed by atoms with Crippen molar-refractivity contribution >= 4 is 11.3 Å². The summed E-state index contributed by atoms with van der Waals surface area (Å²) in [5.74, 6) is 0. The maximum absolute atomic E-state index is 13.2. The summed E-state index contributed by atoms with van der Waals surface area (Å²) in [5, 5.41) is 2.42. The van der Waals surface area contributed by atoms with Gasteiger partial charge in [0.05, 0.1) is 11.4 Å². The van der Waals surface area contributed by atoms with Gasteiger partial charge in [0.2, 0.25) is 5.13 Å². The van der Waals surface area contributed by atoms with Crippen LogP contribution in [-0.2, 0) is 6.42 Å². The smallest absolute Gasteiger partial charge is 0.308 e. The van der Waals surface area contributed by atoms with E-state index in [1.165, 1.54) is 26.3 Å². The minimum absolute atomic E-state index is 0. The van der Waals surface area contributed by atoms with Gasteiger partial charge in [-0.15, -0.1) is 17.8 Å². The first-order valence-electron chi connectivity index (χ1n) is 9.72. The van der Waals surface area contributed by atoms with E-state index in [0.717, 1.165) is 24.1 Å². The minimum Gasteiger partial charge on any atom is -0.308 e. The topological polar surface area (TPSA) is 56.9 Å². The minimum atomic E-state index is -0.280.